The molecule has 3 aromatic rings. The number of carbonyl (C=O) groups excluding carboxylic acids is 1. The number of halogens is 1. The van der Waals surface area contributed by atoms with Gasteiger partial charge in [0.25, 0.3) is 5.89 Å². The van der Waals surface area contributed by atoms with Crippen LogP contribution >= 0.6 is 11.6 Å². The molecular formula is C17H15ClN4O5S. The van der Waals surface area contributed by atoms with Crippen molar-refractivity contribution >= 4 is 27.6 Å². The van der Waals surface area contributed by atoms with Crippen molar-refractivity contribution in [3.8, 4) is 11.4 Å². The molecule has 0 aliphatic heterocycles. The highest BCUT2D eigenvalue weighted by Crippen LogP contribution is 2.15. The quantitative estimate of drug-likeness (QED) is 0.548. The number of ether oxygens (including phenoxy) is 1. The van der Waals surface area contributed by atoms with E-state index in [0.29, 0.717) is 16.4 Å². The summed E-state index contributed by atoms with van der Waals surface area (Å²) < 4.78 is 36.6. The zero-order valence-electron chi connectivity index (χ0n) is 14.4. The highest BCUT2D eigenvalue weighted by molar-refractivity contribution is 7.89. The summed E-state index contributed by atoms with van der Waals surface area (Å²) in [4.78, 5) is 19.9. The van der Waals surface area contributed by atoms with E-state index in [2.05, 4.69) is 19.8 Å². The number of nitrogens with zero attached hydrogens (tertiary/aromatic N) is 3. The third kappa shape index (κ3) is 5.35. The Kier molecular flexibility index (Phi) is 6.34. The Hall–Kier alpha value is -2.82. The molecule has 0 unspecified atom stereocenters. The first-order valence-electron chi connectivity index (χ1n) is 8.08. The van der Waals surface area contributed by atoms with Crippen LogP contribution in [0.15, 0.2) is 58.2 Å². The van der Waals surface area contributed by atoms with Crippen LogP contribution in [0, 0.1) is 0 Å². The number of pyridine rings is 1. The van der Waals surface area contributed by atoms with E-state index in [9.17, 15) is 13.2 Å². The molecule has 1 aromatic carbocycles. The van der Waals surface area contributed by atoms with Crippen molar-refractivity contribution < 1.29 is 22.5 Å². The van der Waals surface area contributed by atoms with Crippen molar-refractivity contribution in [2.75, 3.05) is 6.54 Å². The van der Waals surface area contributed by atoms with E-state index in [1.165, 1.54) is 18.2 Å². The second-order valence-corrected chi connectivity index (χ2v) is 7.72. The summed E-state index contributed by atoms with van der Waals surface area (Å²) in [5.74, 6) is -0.171. The molecule has 0 spiro atoms. The maximum Gasteiger partial charge on any atom is 0.307 e. The average molecular weight is 423 g/mol. The van der Waals surface area contributed by atoms with Gasteiger partial charge in [0.05, 0.1) is 11.3 Å². The Morgan fingerprint density at radius 3 is 2.86 bits per heavy atom. The molecule has 146 valence electrons. The van der Waals surface area contributed by atoms with Gasteiger partial charge in [0.1, 0.15) is 0 Å². The lowest BCUT2D eigenvalue weighted by Gasteiger charge is -2.07. The zero-order valence-corrected chi connectivity index (χ0v) is 16.0. The van der Waals surface area contributed by atoms with Crippen molar-refractivity contribution in [1.82, 2.24) is 19.8 Å². The van der Waals surface area contributed by atoms with E-state index in [4.69, 9.17) is 20.9 Å². The SMILES string of the molecule is O=C(CCNS(=O)(=O)c1cccc(Cl)c1)OCc1nc(-c2cccnc2)no1. The van der Waals surface area contributed by atoms with E-state index in [0.717, 1.165) is 0 Å². The van der Waals surface area contributed by atoms with Gasteiger partial charge >= 0.3 is 5.97 Å². The number of aromatic nitrogens is 3. The summed E-state index contributed by atoms with van der Waals surface area (Å²) in [5.41, 5.74) is 0.666. The Morgan fingerprint density at radius 1 is 1.25 bits per heavy atom. The smallest absolute Gasteiger partial charge is 0.307 e. The molecule has 0 atom stereocenters. The van der Waals surface area contributed by atoms with Crippen molar-refractivity contribution in [3.63, 3.8) is 0 Å². The van der Waals surface area contributed by atoms with Gasteiger partial charge in [0.2, 0.25) is 15.8 Å². The summed E-state index contributed by atoms with van der Waals surface area (Å²) in [6.45, 7) is -0.342. The number of carbonyl (C=O) groups is 1. The first kappa shape index (κ1) is 19.9. The molecule has 0 aliphatic rings. The van der Waals surface area contributed by atoms with Gasteiger partial charge in [0.15, 0.2) is 6.61 Å². The van der Waals surface area contributed by atoms with Crippen molar-refractivity contribution in [3.05, 3.63) is 59.7 Å². The molecule has 3 rings (SSSR count). The van der Waals surface area contributed by atoms with Crippen LogP contribution in [-0.2, 0) is 26.2 Å². The lowest BCUT2D eigenvalue weighted by atomic mass is 10.3. The van der Waals surface area contributed by atoms with Gasteiger partial charge in [-0.2, -0.15) is 4.98 Å². The number of nitrogens with one attached hydrogen (secondary N) is 1. The van der Waals surface area contributed by atoms with Gasteiger partial charge in [-0.05, 0) is 30.3 Å². The minimum absolute atomic E-state index is 0.0159. The number of hydrogen-bond acceptors (Lipinski definition) is 8. The zero-order chi connectivity index (χ0) is 20.0. The molecule has 0 saturated carbocycles. The van der Waals surface area contributed by atoms with Crippen LogP contribution in [0.5, 0.6) is 0 Å². The lowest BCUT2D eigenvalue weighted by molar-refractivity contribution is -0.145. The fraction of sp³-hybridized carbons (Fsp3) is 0.176. The first-order chi connectivity index (χ1) is 13.4. The Bertz CT molecular complexity index is 1060. The number of esters is 1. The molecule has 0 aliphatic carbocycles. The minimum Gasteiger partial charge on any atom is -0.456 e. The van der Waals surface area contributed by atoms with Crippen molar-refractivity contribution in [1.29, 1.82) is 0 Å². The Morgan fingerprint density at radius 2 is 2.11 bits per heavy atom. The largest absolute Gasteiger partial charge is 0.456 e. The standard InChI is InChI=1S/C17H15ClN4O5S/c18-13-4-1-5-14(9-13)28(24,25)20-8-6-16(23)26-11-15-21-17(22-27-15)12-3-2-7-19-10-12/h1-5,7,9-10,20H,6,8,11H2. The monoisotopic (exact) mass is 422 g/mol. The van der Waals surface area contributed by atoms with Gasteiger partial charge in [-0.15, -0.1) is 0 Å². The number of hydrogen-bond donors (Lipinski definition) is 1. The van der Waals surface area contributed by atoms with Gasteiger partial charge in [-0.1, -0.05) is 22.8 Å². The summed E-state index contributed by atoms with van der Waals surface area (Å²) in [5, 5.41) is 4.08. The number of rotatable bonds is 8. The van der Waals surface area contributed by atoms with E-state index < -0.39 is 16.0 Å². The molecule has 0 fully saturated rings. The summed E-state index contributed by atoms with van der Waals surface area (Å²) in [6.07, 6.45) is 3.03. The first-order valence-corrected chi connectivity index (χ1v) is 9.94. The summed E-state index contributed by atoms with van der Waals surface area (Å²) >= 11 is 5.79. The molecule has 0 bridgehead atoms. The second kappa shape index (κ2) is 8.91. The number of benzene rings is 1. The fourth-order valence-corrected chi connectivity index (χ4v) is 3.48. The molecular weight excluding hydrogens is 408 g/mol. The molecule has 2 heterocycles. The molecule has 28 heavy (non-hydrogen) atoms. The van der Waals surface area contributed by atoms with Crippen molar-refractivity contribution in [2.24, 2.45) is 0 Å². The number of sulfonamides is 1. The van der Waals surface area contributed by atoms with Crippen LogP contribution in [0.3, 0.4) is 0 Å². The predicted octanol–water partition coefficient (Wildman–Crippen LogP) is 2.20. The van der Waals surface area contributed by atoms with Crippen LogP contribution in [0.2, 0.25) is 5.02 Å². The molecule has 2 aromatic heterocycles. The molecule has 0 amide bonds. The highest BCUT2D eigenvalue weighted by Gasteiger charge is 2.15. The minimum atomic E-state index is -3.76. The average Bonchev–Trinajstić information content (AvgIpc) is 3.16. The van der Waals surface area contributed by atoms with Crippen LogP contribution in [-0.4, -0.2) is 36.1 Å². The predicted molar refractivity (Wildman–Crippen MR) is 98.6 cm³/mol. The summed E-state index contributed by atoms with van der Waals surface area (Å²) in [7, 11) is -3.76. The molecule has 1 N–H and O–H groups in total. The normalized spacial score (nSPS) is 11.3. The van der Waals surface area contributed by atoms with Gasteiger partial charge < -0.3 is 9.26 Å². The fourth-order valence-electron chi connectivity index (χ4n) is 2.15. The van der Waals surface area contributed by atoms with Gasteiger partial charge in [-0.25, -0.2) is 13.1 Å². The molecule has 0 radical (unpaired) electrons. The van der Waals surface area contributed by atoms with E-state index in [1.54, 1.807) is 30.6 Å². The Balaban J connectivity index is 1.46. The topological polar surface area (TPSA) is 124 Å². The van der Waals surface area contributed by atoms with Gasteiger partial charge in [0, 0.05) is 29.5 Å². The van der Waals surface area contributed by atoms with E-state index in [-0.39, 0.29) is 30.4 Å². The second-order valence-electron chi connectivity index (χ2n) is 5.52. The third-order valence-corrected chi connectivity index (χ3v) is 5.17. The van der Waals surface area contributed by atoms with E-state index in [1.807, 2.05) is 0 Å². The molecule has 0 saturated heterocycles. The molecule has 11 heteroatoms. The van der Waals surface area contributed by atoms with Crippen LogP contribution < -0.4 is 4.72 Å². The van der Waals surface area contributed by atoms with Crippen LogP contribution in [0.25, 0.3) is 11.4 Å². The molecule has 9 nitrogen and oxygen atoms in total. The van der Waals surface area contributed by atoms with Crippen molar-refractivity contribution in [2.45, 2.75) is 17.9 Å². The third-order valence-electron chi connectivity index (χ3n) is 3.47. The van der Waals surface area contributed by atoms with Crippen LogP contribution in [0.1, 0.15) is 12.3 Å². The van der Waals surface area contributed by atoms with E-state index >= 15 is 0 Å². The van der Waals surface area contributed by atoms with Gasteiger partial charge in [-0.3, -0.25) is 9.78 Å². The maximum absolute atomic E-state index is 12.1. The lowest BCUT2D eigenvalue weighted by Crippen LogP contribution is -2.26. The van der Waals surface area contributed by atoms with Crippen LogP contribution in [0.4, 0.5) is 0 Å². The highest BCUT2D eigenvalue weighted by atomic mass is 35.5. The maximum atomic E-state index is 12.1. The Labute approximate surface area is 165 Å². The summed E-state index contributed by atoms with van der Waals surface area (Å²) in [6, 6.07) is 9.31.